The summed E-state index contributed by atoms with van der Waals surface area (Å²) in [5.74, 6) is 0.515. The molecule has 6 heteroatoms. The van der Waals surface area contributed by atoms with Crippen molar-refractivity contribution in [1.82, 2.24) is 9.78 Å². The first-order valence-corrected chi connectivity index (χ1v) is 13.8. The van der Waals surface area contributed by atoms with E-state index in [9.17, 15) is 9.50 Å². The second kappa shape index (κ2) is 13.0. The number of aliphatic hydroxyl groups is 1. The van der Waals surface area contributed by atoms with Crippen molar-refractivity contribution < 1.29 is 14.2 Å². The first-order valence-electron chi connectivity index (χ1n) is 13.0. The molecular weight excluding hydrogens is 507 g/mol. The van der Waals surface area contributed by atoms with Crippen LogP contribution in [0.15, 0.2) is 107 Å². The Kier molecular flexibility index (Phi) is 9.44. The van der Waals surface area contributed by atoms with Crippen molar-refractivity contribution in [3.05, 3.63) is 120 Å². The number of aromatic nitrogens is 2. The lowest BCUT2D eigenvalue weighted by Gasteiger charge is -2.23. The summed E-state index contributed by atoms with van der Waals surface area (Å²) in [6, 6.07) is 31.5. The molecule has 0 saturated carbocycles. The number of halogens is 1. The lowest BCUT2D eigenvalue weighted by Crippen LogP contribution is -2.23. The third-order valence-corrected chi connectivity index (χ3v) is 6.95. The van der Waals surface area contributed by atoms with Crippen molar-refractivity contribution in [2.24, 2.45) is 7.05 Å². The summed E-state index contributed by atoms with van der Waals surface area (Å²) in [5, 5.41) is 15.2. The van der Waals surface area contributed by atoms with Crippen LogP contribution in [0.4, 0.5) is 4.39 Å². The quantitative estimate of drug-likeness (QED) is 0.226. The third-order valence-electron chi connectivity index (χ3n) is 5.93. The molecule has 0 fully saturated rings. The van der Waals surface area contributed by atoms with Gasteiger partial charge in [-0.1, -0.05) is 54.2 Å². The van der Waals surface area contributed by atoms with Gasteiger partial charge in [0.1, 0.15) is 17.2 Å². The van der Waals surface area contributed by atoms with E-state index in [-0.39, 0.29) is 18.0 Å². The molecule has 39 heavy (non-hydrogen) atoms. The van der Waals surface area contributed by atoms with Gasteiger partial charge in [0.15, 0.2) is 0 Å². The van der Waals surface area contributed by atoms with Crippen LogP contribution < -0.4 is 4.74 Å². The lowest BCUT2D eigenvalue weighted by atomic mass is 10.0. The summed E-state index contributed by atoms with van der Waals surface area (Å²) in [6.45, 7) is 5.94. The highest BCUT2D eigenvalue weighted by Crippen LogP contribution is 2.31. The zero-order valence-corrected chi connectivity index (χ0v) is 23.7. The van der Waals surface area contributed by atoms with Gasteiger partial charge in [-0.2, -0.15) is 5.10 Å². The maximum Gasteiger partial charge on any atom is 0.128 e. The van der Waals surface area contributed by atoms with Crippen molar-refractivity contribution in [3.8, 4) is 5.75 Å². The minimum absolute atomic E-state index is 0.0628. The van der Waals surface area contributed by atoms with Crippen LogP contribution in [0.1, 0.15) is 37.7 Å². The molecule has 1 N–H and O–H groups in total. The molecule has 0 radical (unpaired) electrons. The van der Waals surface area contributed by atoms with Crippen molar-refractivity contribution in [2.45, 2.75) is 55.6 Å². The third kappa shape index (κ3) is 8.44. The number of hydrogen-bond acceptors (Lipinski definition) is 4. The van der Waals surface area contributed by atoms with E-state index >= 15 is 0 Å². The Labute approximate surface area is 234 Å². The molecule has 4 nitrogen and oxygen atoms in total. The molecule has 0 spiro atoms. The number of benzene rings is 4. The van der Waals surface area contributed by atoms with Gasteiger partial charge in [-0.3, -0.25) is 4.68 Å². The Hall–Kier alpha value is -3.61. The van der Waals surface area contributed by atoms with E-state index in [0.717, 1.165) is 40.6 Å². The Morgan fingerprint density at radius 2 is 1.49 bits per heavy atom. The summed E-state index contributed by atoms with van der Waals surface area (Å²) in [7, 11) is 1.87. The van der Waals surface area contributed by atoms with Crippen molar-refractivity contribution in [2.75, 3.05) is 0 Å². The van der Waals surface area contributed by atoms with Gasteiger partial charge in [0.05, 0.1) is 12.3 Å². The number of nitrogens with zero attached hydrogens (tertiary/aromatic N) is 2. The van der Waals surface area contributed by atoms with Crippen LogP contribution in [-0.4, -0.2) is 20.5 Å². The fraction of sp³-hybridized carbons (Fsp3) is 0.242. The molecule has 1 aromatic heterocycles. The number of ether oxygens (including phenoxy) is 1. The molecule has 0 aliphatic rings. The lowest BCUT2D eigenvalue weighted by molar-refractivity contribution is 0.133. The van der Waals surface area contributed by atoms with Gasteiger partial charge in [0.2, 0.25) is 0 Å². The second-order valence-electron chi connectivity index (χ2n) is 10.3. The fourth-order valence-electron chi connectivity index (χ4n) is 4.19. The van der Waals surface area contributed by atoms with E-state index in [0.29, 0.717) is 5.69 Å². The van der Waals surface area contributed by atoms with Gasteiger partial charge >= 0.3 is 0 Å². The Morgan fingerprint density at radius 1 is 0.846 bits per heavy atom. The molecule has 0 unspecified atom stereocenters. The predicted octanol–water partition coefficient (Wildman–Crippen LogP) is 8.01. The normalized spacial score (nSPS) is 11.2. The van der Waals surface area contributed by atoms with Gasteiger partial charge < -0.3 is 9.84 Å². The van der Waals surface area contributed by atoms with Crippen LogP contribution in [0.5, 0.6) is 5.75 Å². The minimum Gasteiger partial charge on any atom is -0.488 e. The topological polar surface area (TPSA) is 47.3 Å². The minimum atomic E-state index is -0.335. The molecule has 0 amide bonds. The van der Waals surface area contributed by atoms with Crippen LogP contribution >= 0.6 is 11.8 Å². The smallest absolute Gasteiger partial charge is 0.128 e. The monoisotopic (exact) mass is 542 g/mol. The molecule has 5 rings (SSSR count). The Bertz CT molecular complexity index is 1460. The zero-order valence-electron chi connectivity index (χ0n) is 22.9. The first-order chi connectivity index (χ1) is 18.7. The van der Waals surface area contributed by atoms with E-state index in [4.69, 9.17) is 4.74 Å². The van der Waals surface area contributed by atoms with E-state index in [1.165, 1.54) is 15.9 Å². The molecule has 0 atom stereocenters. The average molecular weight is 543 g/mol. The highest BCUT2D eigenvalue weighted by atomic mass is 32.2. The molecule has 4 aromatic carbocycles. The summed E-state index contributed by atoms with van der Waals surface area (Å²) in [6.07, 6.45) is 1.55. The van der Waals surface area contributed by atoms with Gasteiger partial charge in [-0.25, -0.2) is 4.39 Å². The molecule has 0 aliphatic heterocycles. The van der Waals surface area contributed by atoms with Crippen LogP contribution in [0.2, 0.25) is 0 Å². The van der Waals surface area contributed by atoms with Crippen LogP contribution in [0, 0.1) is 5.82 Å². The largest absolute Gasteiger partial charge is 0.488 e. The standard InChI is InChI=1S/C21H25FN2O2.C12H10S/c1-21(2,3)26-20-10-14(9-15-11-16(22)6-8-19(15)20)5-7-18-12-17(13-25)23-24(18)4;1-3-7-11(8-4-1)13-12-9-5-2-6-10-12/h6,8-12,25H,5,7,13H2,1-4H3;1-10H. The molecule has 0 saturated heterocycles. The van der Waals surface area contributed by atoms with Gasteiger partial charge in [-0.15, -0.1) is 0 Å². The van der Waals surface area contributed by atoms with Gasteiger partial charge in [0.25, 0.3) is 0 Å². The second-order valence-corrected chi connectivity index (χ2v) is 11.5. The SMILES string of the molecule is Cn1nc(CO)cc1CCc1cc(OC(C)(C)C)c2ccc(F)cc2c1.c1ccc(Sc2ccccc2)cc1. The van der Waals surface area contributed by atoms with Crippen molar-refractivity contribution in [1.29, 1.82) is 0 Å². The molecule has 5 aromatic rings. The van der Waals surface area contributed by atoms with E-state index in [1.54, 1.807) is 28.6 Å². The van der Waals surface area contributed by atoms with Crippen LogP contribution in [0.25, 0.3) is 10.8 Å². The Balaban J connectivity index is 0.000000226. The molecular formula is C33H35FN2O2S. The molecule has 0 aliphatic carbocycles. The number of rotatable bonds is 7. The predicted molar refractivity (Wildman–Crippen MR) is 158 cm³/mol. The highest BCUT2D eigenvalue weighted by molar-refractivity contribution is 7.99. The molecule has 0 bridgehead atoms. The summed E-state index contributed by atoms with van der Waals surface area (Å²) in [5.41, 5.74) is 2.46. The van der Waals surface area contributed by atoms with Gasteiger partial charge in [0, 0.05) is 27.9 Å². The molecule has 202 valence electrons. The van der Waals surface area contributed by atoms with E-state index in [2.05, 4.69) is 53.6 Å². The first kappa shape index (κ1) is 28.4. The van der Waals surface area contributed by atoms with Crippen molar-refractivity contribution in [3.63, 3.8) is 0 Å². The highest BCUT2D eigenvalue weighted by Gasteiger charge is 2.16. The fourth-order valence-corrected chi connectivity index (χ4v) is 5.05. The number of fused-ring (bicyclic) bond motifs is 1. The van der Waals surface area contributed by atoms with E-state index < -0.39 is 0 Å². The number of hydrogen-bond donors (Lipinski definition) is 1. The average Bonchev–Trinajstić information content (AvgIpc) is 3.27. The maximum absolute atomic E-state index is 13.7. The Morgan fingerprint density at radius 3 is 2.05 bits per heavy atom. The number of aryl methyl sites for hydroxylation is 3. The van der Waals surface area contributed by atoms with E-state index in [1.807, 2.05) is 58.2 Å². The van der Waals surface area contributed by atoms with Crippen LogP contribution in [0.3, 0.4) is 0 Å². The molecule has 1 heterocycles. The zero-order chi connectivity index (χ0) is 27.8. The number of aliphatic hydroxyl groups excluding tert-OH is 1. The summed E-state index contributed by atoms with van der Waals surface area (Å²) >= 11 is 1.79. The van der Waals surface area contributed by atoms with Crippen molar-refractivity contribution >= 4 is 22.5 Å². The maximum atomic E-state index is 13.7. The van der Waals surface area contributed by atoms with Gasteiger partial charge in [-0.05, 0) is 99.2 Å². The summed E-state index contributed by atoms with van der Waals surface area (Å²) in [4.78, 5) is 2.57. The van der Waals surface area contributed by atoms with Crippen LogP contribution in [-0.2, 0) is 26.5 Å². The summed E-state index contributed by atoms with van der Waals surface area (Å²) < 4.78 is 21.6.